The van der Waals surface area contributed by atoms with Crippen molar-refractivity contribution in [2.75, 3.05) is 39.3 Å². The van der Waals surface area contributed by atoms with Gasteiger partial charge in [-0.05, 0) is 18.5 Å². The van der Waals surface area contributed by atoms with Crippen LogP contribution < -0.4 is 11.3 Å². The highest BCUT2D eigenvalue weighted by molar-refractivity contribution is 5.92. The molecule has 0 bridgehead atoms. The van der Waals surface area contributed by atoms with E-state index in [0.29, 0.717) is 25.6 Å². The van der Waals surface area contributed by atoms with Crippen molar-refractivity contribution in [1.82, 2.24) is 20.0 Å². The molecule has 1 aliphatic rings. The van der Waals surface area contributed by atoms with E-state index < -0.39 is 0 Å². The molecule has 0 aliphatic carbocycles. The number of nitrogens with zero attached hydrogens (tertiary/aromatic N) is 3. The summed E-state index contributed by atoms with van der Waals surface area (Å²) in [5, 5.41) is 6.06. The number of aromatic nitrogens is 2. The molecule has 2 heterocycles. The Morgan fingerprint density at radius 3 is 2.65 bits per heavy atom. The Balaban J connectivity index is 1.88. The van der Waals surface area contributed by atoms with Crippen LogP contribution in [0.25, 0.3) is 0 Å². The van der Waals surface area contributed by atoms with E-state index in [0.717, 1.165) is 19.6 Å². The van der Waals surface area contributed by atoms with Crippen LogP contribution >= 0.6 is 0 Å². The first-order chi connectivity index (χ1) is 9.60. The molecule has 0 spiro atoms. The Hall–Kier alpha value is -1.73. The summed E-state index contributed by atoms with van der Waals surface area (Å²) >= 11 is 0. The number of aromatic amines is 1. The summed E-state index contributed by atoms with van der Waals surface area (Å²) < 4.78 is 0. The second-order valence-corrected chi connectivity index (χ2v) is 5.24. The van der Waals surface area contributed by atoms with Gasteiger partial charge in [0.1, 0.15) is 5.69 Å². The lowest BCUT2D eigenvalue weighted by molar-refractivity contribution is 0.0615. The number of H-pyrrole nitrogens is 1. The molecule has 7 nitrogen and oxygen atoms in total. The topological polar surface area (TPSA) is 95.3 Å². The Labute approximate surface area is 117 Å². The molecule has 1 saturated heterocycles. The van der Waals surface area contributed by atoms with Crippen molar-refractivity contribution in [3.63, 3.8) is 0 Å². The van der Waals surface area contributed by atoms with Gasteiger partial charge in [0.2, 0.25) is 0 Å². The van der Waals surface area contributed by atoms with Crippen molar-refractivity contribution in [2.45, 2.75) is 6.92 Å². The summed E-state index contributed by atoms with van der Waals surface area (Å²) in [7, 11) is 0. The lowest BCUT2D eigenvalue weighted by Gasteiger charge is -2.35. The first-order valence-electron chi connectivity index (χ1n) is 6.87. The Morgan fingerprint density at radius 2 is 2.10 bits per heavy atom. The standard InChI is InChI=1S/C13H21N5O2/c1-10(8-14)9-17-4-6-18(7-5-17)13(20)11-2-3-12(19)16-15-11/h2-3,10H,4-9,14H2,1H3,(H,16,19). The number of nitrogens with two attached hydrogens (primary N) is 1. The van der Waals surface area contributed by atoms with E-state index in [1.54, 1.807) is 4.90 Å². The van der Waals surface area contributed by atoms with Gasteiger partial charge >= 0.3 is 0 Å². The van der Waals surface area contributed by atoms with Crippen LogP contribution in [0.1, 0.15) is 17.4 Å². The van der Waals surface area contributed by atoms with Gasteiger partial charge < -0.3 is 10.6 Å². The Kier molecular flexibility index (Phi) is 4.86. The fourth-order valence-electron chi connectivity index (χ4n) is 2.27. The number of carbonyl (C=O) groups is 1. The van der Waals surface area contributed by atoms with Crippen LogP contribution in [0.2, 0.25) is 0 Å². The lowest BCUT2D eigenvalue weighted by atomic mass is 10.1. The van der Waals surface area contributed by atoms with Crippen LogP contribution in [0.15, 0.2) is 16.9 Å². The average Bonchev–Trinajstić information content (AvgIpc) is 2.48. The second-order valence-electron chi connectivity index (χ2n) is 5.24. The number of piperazine rings is 1. The first-order valence-corrected chi connectivity index (χ1v) is 6.87. The molecule has 3 N–H and O–H groups in total. The molecule has 7 heteroatoms. The van der Waals surface area contributed by atoms with Gasteiger partial charge in [-0.2, -0.15) is 5.10 Å². The van der Waals surface area contributed by atoms with Crippen molar-refractivity contribution in [2.24, 2.45) is 11.7 Å². The van der Waals surface area contributed by atoms with Crippen LogP contribution in [0.5, 0.6) is 0 Å². The molecule has 1 atom stereocenters. The Bertz CT molecular complexity index is 487. The van der Waals surface area contributed by atoms with E-state index >= 15 is 0 Å². The minimum absolute atomic E-state index is 0.132. The fraction of sp³-hybridized carbons (Fsp3) is 0.615. The van der Waals surface area contributed by atoms with E-state index in [2.05, 4.69) is 22.0 Å². The molecule has 1 aromatic rings. The molecular weight excluding hydrogens is 258 g/mol. The average molecular weight is 279 g/mol. The molecule has 1 amide bonds. The Morgan fingerprint density at radius 1 is 1.40 bits per heavy atom. The van der Waals surface area contributed by atoms with E-state index in [1.165, 1.54) is 12.1 Å². The molecule has 0 aromatic carbocycles. The molecule has 1 aliphatic heterocycles. The summed E-state index contributed by atoms with van der Waals surface area (Å²) in [5.41, 5.74) is 5.61. The third kappa shape index (κ3) is 3.64. The van der Waals surface area contributed by atoms with Crippen LogP contribution in [0.3, 0.4) is 0 Å². The van der Waals surface area contributed by atoms with Gasteiger partial charge in [-0.15, -0.1) is 0 Å². The van der Waals surface area contributed by atoms with Crippen molar-refractivity contribution in [1.29, 1.82) is 0 Å². The molecule has 20 heavy (non-hydrogen) atoms. The SMILES string of the molecule is CC(CN)CN1CCN(C(=O)c2ccc(=O)[nH]n2)CC1. The van der Waals surface area contributed by atoms with Gasteiger partial charge in [0.15, 0.2) is 0 Å². The maximum absolute atomic E-state index is 12.2. The van der Waals surface area contributed by atoms with Gasteiger partial charge in [-0.3, -0.25) is 14.5 Å². The number of hydrogen-bond donors (Lipinski definition) is 2. The van der Waals surface area contributed by atoms with Crippen molar-refractivity contribution < 1.29 is 4.79 Å². The van der Waals surface area contributed by atoms with Crippen molar-refractivity contribution in [3.8, 4) is 0 Å². The quantitative estimate of drug-likeness (QED) is 0.746. The molecule has 0 radical (unpaired) electrons. The van der Waals surface area contributed by atoms with Gasteiger partial charge in [0, 0.05) is 38.8 Å². The van der Waals surface area contributed by atoms with Gasteiger partial charge in [0.25, 0.3) is 11.5 Å². The second kappa shape index (κ2) is 6.62. The molecular formula is C13H21N5O2. The molecule has 1 unspecified atom stereocenters. The van der Waals surface area contributed by atoms with E-state index in [-0.39, 0.29) is 17.2 Å². The summed E-state index contributed by atoms with van der Waals surface area (Å²) in [6, 6.07) is 2.78. The maximum atomic E-state index is 12.2. The van der Waals surface area contributed by atoms with Crippen LogP contribution in [-0.2, 0) is 0 Å². The number of nitrogens with one attached hydrogen (secondary N) is 1. The highest BCUT2D eigenvalue weighted by Gasteiger charge is 2.23. The molecule has 1 aromatic heterocycles. The fourth-order valence-corrected chi connectivity index (χ4v) is 2.27. The predicted molar refractivity (Wildman–Crippen MR) is 75.4 cm³/mol. The van der Waals surface area contributed by atoms with Gasteiger partial charge in [0.05, 0.1) is 0 Å². The molecule has 110 valence electrons. The highest BCUT2D eigenvalue weighted by Crippen LogP contribution is 2.07. The number of amides is 1. The van der Waals surface area contributed by atoms with Crippen molar-refractivity contribution in [3.05, 3.63) is 28.2 Å². The zero-order chi connectivity index (χ0) is 14.5. The van der Waals surface area contributed by atoms with Gasteiger partial charge in [-0.1, -0.05) is 6.92 Å². The predicted octanol–water partition coefficient (Wildman–Crippen LogP) is -0.877. The van der Waals surface area contributed by atoms with Gasteiger partial charge in [-0.25, -0.2) is 5.10 Å². The normalized spacial score (nSPS) is 18.0. The molecule has 1 fully saturated rings. The molecule has 2 rings (SSSR count). The summed E-state index contributed by atoms with van der Waals surface area (Å²) in [5.74, 6) is 0.339. The zero-order valence-corrected chi connectivity index (χ0v) is 11.7. The largest absolute Gasteiger partial charge is 0.335 e. The van der Waals surface area contributed by atoms with E-state index in [4.69, 9.17) is 5.73 Å². The highest BCUT2D eigenvalue weighted by atomic mass is 16.2. The van der Waals surface area contributed by atoms with E-state index in [1.807, 2.05) is 0 Å². The van der Waals surface area contributed by atoms with Crippen molar-refractivity contribution >= 4 is 5.91 Å². The monoisotopic (exact) mass is 279 g/mol. The zero-order valence-electron chi connectivity index (χ0n) is 11.7. The summed E-state index contributed by atoms with van der Waals surface area (Å²) in [6.07, 6.45) is 0. The van der Waals surface area contributed by atoms with Crippen LogP contribution in [0.4, 0.5) is 0 Å². The number of rotatable bonds is 4. The third-order valence-corrected chi connectivity index (χ3v) is 3.53. The summed E-state index contributed by atoms with van der Waals surface area (Å²) in [4.78, 5) is 27.2. The first kappa shape index (κ1) is 14.7. The smallest absolute Gasteiger partial charge is 0.274 e. The lowest BCUT2D eigenvalue weighted by Crippen LogP contribution is -2.50. The van der Waals surface area contributed by atoms with E-state index in [9.17, 15) is 9.59 Å². The van der Waals surface area contributed by atoms with Crippen LogP contribution in [0, 0.1) is 5.92 Å². The minimum Gasteiger partial charge on any atom is -0.335 e. The number of hydrogen-bond acceptors (Lipinski definition) is 5. The maximum Gasteiger partial charge on any atom is 0.274 e. The third-order valence-electron chi connectivity index (χ3n) is 3.53. The minimum atomic E-state index is -0.304. The summed E-state index contributed by atoms with van der Waals surface area (Å²) in [6.45, 7) is 6.82. The van der Waals surface area contributed by atoms with Crippen LogP contribution in [-0.4, -0.2) is 65.2 Å². The number of carbonyl (C=O) groups excluding carboxylic acids is 1. The molecule has 0 saturated carbocycles.